The summed E-state index contributed by atoms with van der Waals surface area (Å²) in [4.78, 5) is 17.6. The van der Waals surface area contributed by atoms with Gasteiger partial charge in [0.2, 0.25) is 0 Å². The molecule has 2 aromatic carbocycles. The van der Waals surface area contributed by atoms with Crippen molar-refractivity contribution in [2.24, 2.45) is 0 Å². The summed E-state index contributed by atoms with van der Waals surface area (Å²) in [5.41, 5.74) is 3.11. The largest absolute Gasteiger partial charge is 0.497 e. The van der Waals surface area contributed by atoms with Gasteiger partial charge in [0.05, 0.1) is 25.3 Å². The molecule has 0 atom stereocenters. The van der Waals surface area contributed by atoms with E-state index in [-0.39, 0.29) is 12.6 Å². The van der Waals surface area contributed by atoms with Crippen LogP contribution in [0, 0.1) is 0 Å². The maximum absolute atomic E-state index is 12.9. The zero-order valence-corrected chi connectivity index (χ0v) is 15.4. The third-order valence-electron chi connectivity index (χ3n) is 4.80. The van der Waals surface area contributed by atoms with Gasteiger partial charge in [-0.3, -0.25) is 4.98 Å². The summed E-state index contributed by atoms with van der Waals surface area (Å²) in [5.74, 6) is 1.44. The summed E-state index contributed by atoms with van der Waals surface area (Å²) in [5, 5.41) is 0.810. The molecule has 0 saturated heterocycles. The summed E-state index contributed by atoms with van der Waals surface area (Å²) in [6, 6.07) is 15.0. The number of para-hydroxylation sites is 1. The van der Waals surface area contributed by atoms with Crippen molar-refractivity contribution in [2.45, 2.75) is 25.4 Å². The first-order chi connectivity index (χ1) is 13.2. The monoisotopic (exact) mass is 363 g/mol. The molecule has 4 rings (SSSR count). The molecular weight excluding hydrogens is 342 g/mol. The van der Waals surface area contributed by atoms with Gasteiger partial charge in [-0.15, -0.1) is 0 Å². The lowest BCUT2D eigenvalue weighted by Gasteiger charge is -2.12. The number of ether oxygens (including phenoxy) is 3. The molecule has 0 N–H and O–H groups in total. The van der Waals surface area contributed by atoms with Crippen LogP contribution in [0.1, 0.15) is 40.4 Å². The van der Waals surface area contributed by atoms with Crippen molar-refractivity contribution in [3.8, 4) is 11.5 Å². The highest BCUT2D eigenvalue weighted by Gasteiger charge is 2.27. The second-order valence-corrected chi connectivity index (χ2v) is 6.64. The topological polar surface area (TPSA) is 57.7 Å². The second kappa shape index (κ2) is 7.27. The number of carbonyl (C=O) groups is 1. The van der Waals surface area contributed by atoms with E-state index in [1.807, 2.05) is 42.5 Å². The van der Waals surface area contributed by atoms with Crippen LogP contribution >= 0.6 is 0 Å². The van der Waals surface area contributed by atoms with Crippen molar-refractivity contribution in [2.75, 3.05) is 14.2 Å². The number of aromatic nitrogens is 1. The molecule has 1 aliphatic rings. The fourth-order valence-corrected chi connectivity index (χ4v) is 3.17. The fraction of sp³-hybridized carbons (Fsp3) is 0.273. The van der Waals surface area contributed by atoms with Gasteiger partial charge in [0.25, 0.3) is 0 Å². The molecule has 0 spiro atoms. The predicted molar refractivity (Wildman–Crippen MR) is 102 cm³/mol. The smallest absolute Gasteiger partial charge is 0.339 e. The van der Waals surface area contributed by atoms with Crippen LogP contribution in [0.5, 0.6) is 11.5 Å². The molecule has 5 nitrogen and oxygen atoms in total. The van der Waals surface area contributed by atoms with Crippen molar-refractivity contribution >= 4 is 16.9 Å². The Kier molecular flexibility index (Phi) is 4.67. The Morgan fingerprint density at radius 3 is 2.63 bits per heavy atom. The summed E-state index contributed by atoms with van der Waals surface area (Å²) >= 11 is 0. The highest BCUT2D eigenvalue weighted by atomic mass is 16.5. The molecule has 0 bridgehead atoms. The Bertz CT molecular complexity index is 995. The summed E-state index contributed by atoms with van der Waals surface area (Å²) in [6.45, 7) is 0.106. The first kappa shape index (κ1) is 17.3. The number of benzene rings is 2. The Morgan fingerprint density at radius 2 is 1.89 bits per heavy atom. The van der Waals surface area contributed by atoms with Crippen molar-refractivity contribution in [1.82, 2.24) is 4.98 Å². The van der Waals surface area contributed by atoms with Crippen molar-refractivity contribution < 1.29 is 19.0 Å². The van der Waals surface area contributed by atoms with E-state index >= 15 is 0 Å². The summed E-state index contributed by atoms with van der Waals surface area (Å²) < 4.78 is 16.2. The van der Waals surface area contributed by atoms with Gasteiger partial charge in [-0.2, -0.15) is 0 Å². The maximum Gasteiger partial charge on any atom is 0.339 e. The predicted octanol–water partition coefficient (Wildman–Crippen LogP) is 4.49. The van der Waals surface area contributed by atoms with Crippen LogP contribution in [0.2, 0.25) is 0 Å². The minimum absolute atomic E-state index is 0.106. The van der Waals surface area contributed by atoms with Crippen LogP contribution in [0.15, 0.2) is 48.5 Å². The lowest BCUT2D eigenvalue weighted by atomic mass is 10.1. The van der Waals surface area contributed by atoms with Gasteiger partial charge >= 0.3 is 5.97 Å². The number of rotatable bonds is 6. The molecule has 0 amide bonds. The summed E-state index contributed by atoms with van der Waals surface area (Å²) in [7, 11) is 3.19. The van der Waals surface area contributed by atoms with E-state index < -0.39 is 0 Å². The average Bonchev–Trinajstić information content (AvgIpc) is 3.56. The van der Waals surface area contributed by atoms with Crippen LogP contribution in [-0.2, 0) is 11.3 Å². The van der Waals surface area contributed by atoms with Gasteiger partial charge in [-0.05, 0) is 43.2 Å². The zero-order chi connectivity index (χ0) is 18.8. The summed E-state index contributed by atoms with van der Waals surface area (Å²) in [6.07, 6.45) is 2.25. The molecular formula is C22H21NO4. The third-order valence-corrected chi connectivity index (χ3v) is 4.80. The molecule has 0 aliphatic heterocycles. The second-order valence-electron chi connectivity index (χ2n) is 6.64. The standard InChI is InChI=1S/C22H21NO4/c1-25-16-9-10-21(26-2)15(11-16)13-27-22(24)18-12-20(14-7-8-14)23-19-6-4-3-5-17(18)19/h3-6,9-12,14H,7-8,13H2,1-2H3. The van der Waals surface area contributed by atoms with E-state index in [4.69, 9.17) is 19.2 Å². The van der Waals surface area contributed by atoms with Gasteiger partial charge < -0.3 is 14.2 Å². The molecule has 5 heteroatoms. The normalized spacial score (nSPS) is 13.4. The molecule has 0 radical (unpaired) electrons. The maximum atomic E-state index is 12.9. The van der Waals surface area contributed by atoms with Crippen LogP contribution in [0.4, 0.5) is 0 Å². The fourth-order valence-electron chi connectivity index (χ4n) is 3.17. The van der Waals surface area contributed by atoms with E-state index in [1.54, 1.807) is 20.3 Å². The SMILES string of the molecule is COc1ccc(OC)c(COC(=O)c2cc(C3CC3)nc3ccccc23)c1. The molecule has 1 saturated carbocycles. The quantitative estimate of drug-likeness (QED) is 0.604. The average molecular weight is 363 g/mol. The highest BCUT2D eigenvalue weighted by Crippen LogP contribution is 2.40. The number of esters is 1. The molecule has 1 aromatic heterocycles. The minimum atomic E-state index is -0.361. The molecule has 1 fully saturated rings. The molecule has 1 aliphatic carbocycles. The van der Waals surface area contributed by atoms with Gasteiger partial charge in [-0.1, -0.05) is 18.2 Å². The van der Waals surface area contributed by atoms with Gasteiger partial charge in [0, 0.05) is 22.6 Å². The van der Waals surface area contributed by atoms with Gasteiger partial charge in [0.15, 0.2) is 0 Å². The molecule has 0 unspecified atom stereocenters. The van der Waals surface area contributed by atoms with E-state index in [2.05, 4.69) is 0 Å². The number of hydrogen-bond donors (Lipinski definition) is 0. The lowest BCUT2D eigenvalue weighted by Crippen LogP contribution is -2.08. The van der Waals surface area contributed by atoms with Crippen LogP contribution in [-0.4, -0.2) is 25.2 Å². The van der Waals surface area contributed by atoms with Gasteiger partial charge in [0.1, 0.15) is 18.1 Å². The Hall–Kier alpha value is -3.08. The number of nitrogens with zero attached hydrogens (tertiary/aromatic N) is 1. The first-order valence-corrected chi connectivity index (χ1v) is 8.97. The molecule has 27 heavy (non-hydrogen) atoms. The van der Waals surface area contributed by atoms with Crippen molar-refractivity contribution in [1.29, 1.82) is 0 Å². The number of hydrogen-bond acceptors (Lipinski definition) is 5. The van der Waals surface area contributed by atoms with E-state index in [0.29, 0.717) is 23.0 Å². The number of carbonyl (C=O) groups excluding carboxylic acids is 1. The molecule has 138 valence electrons. The molecule has 3 aromatic rings. The number of pyridine rings is 1. The van der Waals surface area contributed by atoms with E-state index in [0.717, 1.165) is 35.0 Å². The van der Waals surface area contributed by atoms with Crippen LogP contribution in [0.25, 0.3) is 10.9 Å². The number of methoxy groups -OCH3 is 2. The van der Waals surface area contributed by atoms with Crippen molar-refractivity contribution in [3.05, 3.63) is 65.4 Å². The lowest BCUT2D eigenvalue weighted by molar-refractivity contribution is 0.0472. The van der Waals surface area contributed by atoms with Crippen LogP contribution < -0.4 is 9.47 Å². The van der Waals surface area contributed by atoms with Gasteiger partial charge in [-0.25, -0.2) is 4.79 Å². The Labute approximate surface area is 157 Å². The van der Waals surface area contributed by atoms with E-state index in [1.165, 1.54) is 0 Å². The van der Waals surface area contributed by atoms with E-state index in [9.17, 15) is 4.79 Å². The molecule has 1 heterocycles. The van der Waals surface area contributed by atoms with Crippen LogP contribution in [0.3, 0.4) is 0 Å². The minimum Gasteiger partial charge on any atom is -0.497 e. The Morgan fingerprint density at radius 1 is 1.07 bits per heavy atom. The third kappa shape index (κ3) is 3.58. The number of fused-ring (bicyclic) bond motifs is 1. The Balaban J connectivity index is 1.62. The first-order valence-electron chi connectivity index (χ1n) is 8.97. The highest BCUT2D eigenvalue weighted by molar-refractivity contribution is 6.03. The zero-order valence-electron chi connectivity index (χ0n) is 15.4. The van der Waals surface area contributed by atoms with Crippen molar-refractivity contribution in [3.63, 3.8) is 0 Å².